The molecule has 4 aromatic rings. The summed E-state index contributed by atoms with van der Waals surface area (Å²) in [5.41, 5.74) is 6.69. The molecule has 0 unspecified atom stereocenters. The first-order valence-corrected chi connectivity index (χ1v) is 9.06. The van der Waals surface area contributed by atoms with Crippen LogP contribution in [0.5, 0.6) is 0 Å². The van der Waals surface area contributed by atoms with Crippen molar-refractivity contribution in [2.24, 2.45) is 5.10 Å². The van der Waals surface area contributed by atoms with Crippen LogP contribution < -0.4 is 5.43 Å². The summed E-state index contributed by atoms with van der Waals surface area (Å²) in [5, 5.41) is 5.31. The molecule has 0 aliphatic rings. The maximum Gasteiger partial charge on any atom is 0.244 e. The SMILES string of the molecule is Cc1ccc2nc(NN=Cc3c(F)cccc3Cl)nc(-c3ccccc3)c2c1. The lowest BCUT2D eigenvalue weighted by molar-refractivity contribution is 0.626. The van der Waals surface area contributed by atoms with Crippen LogP contribution in [0.4, 0.5) is 10.3 Å². The lowest BCUT2D eigenvalue weighted by atomic mass is 10.0. The van der Waals surface area contributed by atoms with Crippen LogP contribution in [0, 0.1) is 12.7 Å². The van der Waals surface area contributed by atoms with Gasteiger partial charge in [-0.25, -0.2) is 19.8 Å². The summed E-state index contributed by atoms with van der Waals surface area (Å²) in [7, 11) is 0. The number of halogens is 2. The Bertz CT molecular complexity index is 1160. The lowest BCUT2D eigenvalue weighted by Crippen LogP contribution is -2.00. The fourth-order valence-electron chi connectivity index (χ4n) is 2.90. The van der Waals surface area contributed by atoms with Crippen LogP contribution in [0.25, 0.3) is 22.2 Å². The number of nitrogens with one attached hydrogen (secondary N) is 1. The molecule has 0 spiro atoms. The van der Waals surface area contributed by atoms with Gasteiger partial charge < -0.3 is 0 Å². The Kier molecular flexibility index (Phi) is 5.00. The van der Waals surface area contributed by atoms with Crippen LogP contribution in [0.1, 0.15) is 11.1 Å². The number of hydrogen-bond donors (Lipinski definition) is 1. The smallest absolute Gasteiger partial charge is 0.244 e. The molecule has 0 aliphatic heterocycles. The summed E-state index contributed by atoms with van der Waals surface area (Å²) < 4.78 is 13.9. The average molecular weight is 391 g/mol. The van der Waals surface area contributed by atoms with Crippen molar-refractivity contribution >= 4 is 34.7 Å². The van der Waals surface area contributed by atoms with E-state index in [2.05, 4.69) is 26.6 Å². The maximum atomic E-state index is 13.9. The van der Waals surface area contributed by atoms with E-state index in [0.717, 1.165) is 27.7 Å². The van der Waals surface area contributed by atoms with Gasteiger partial charge in [0.2, 0.25) is 5.95 Å². The average Bonchev–Trinajstić information content (AvgIpc) is 2.70. The van der Waals surface area contributed by atoms with Crippen LogP contribution in [0.3, 0.4) is 0 Å². The van der Waals surface area contributed by atoms with Crippen LogP contribution >= 0.6 is 11.6 Å². The van der Waals surface area contributed by atoms with Gasteiger partial charge in [-0.3, -0.25) is 0 Å². The molecule has 4 rings (SSSR count). The number of fused-ring (bicyclic) bond motifs is 1. The van der Waals surface area contributed by atoms with Gasteiger partial charge in [-0.15, -0.1) is 0 Å². The van der Waals surface area contributed by atoms with Crippen molar-refractivity contribution in [1.29, 1.82) is 0 Å². The Morgan fingerprint density at radius 1 is 1.00 bits per heavy atom. The van der Waals surface area contributed by atoms with E-state index in [1.54, 1.807) is 12.1 Å². The van der Waals surface area contributed by atoms with E-state index in [0.29, 0.717) is 5.95 Å². The van der Waals surface area contributed by atoms with Gasteiger partial charge in [-0.1, -0.05) is 59.6 Å². The summed E-state index contributed by atoms with van der Waals surface area (Å²) in [6, 6.07) is 20.4. The second kappa shape index (κ2) is 7.74. The molecule has 0 saturated carbocycles. The number of hydrogen-bond acceptors (Lipinski definition) is 4. The van der Waals surface area contributed by atoms with Crippen molar-refractivity contribution in [1.82, 2.24) is 9.97 Å². The van der Waals surface area contributed by atoms with Gasteiger partial charge in [-0.2, -0.15) is 5.10 Å². The van der Waals surface area contributed by atoms with Crippen molar-refractivity contribution in [2.75, 3.05) is 5.43 Å². The topological polar surface area (TPSA) is 50.2 Å². The molecular formula is C22H16ClFN4. The number of hydrazone groups is 1. The third-order valence-electron chi connectivity index (χ3n) is 4.26. The fourth-order valence-corrected chi connectivity index (χ4v) is 3.11. The molecule has 0 saturated heterocycles. The normalized spacial score (nSPS) is 11.2. The van der Waals surface area contributed by atoms with Gasteiger partial charge in [0.25, 0.3) is 0 Å². The summed E-state index contributed by atoms with van der Waals surface area (Å²) in [4.78, 5) is 9.14. The lowest BCUT2D eigenvalue weighted by Gasteiger charge is -2.09. The maximum absolute atomic E-state index is 13.9. The molecule has 4 nitrogen and oxygen atoms in total. The van der Waals surface area contributed by atoms with Gasteiger partial charge in [0.05, 0.1) is 22.4 Å². The largest absolute Gasteiger partial charge is 0.245 e. The van der Waals surface area contributed by atoms with Crippen LogP contribution in [-0.4, -0.2) is 16.2 Å². The number of anilines is 1. The Morgan fingerprint density at radius 3 is 2.61 bits per heavy atom. The third kappa shape index (κ3) is 3.70. The van der Waals surface area contributed by atoms with Gasteiger partial charge in [0.15, 0.2) is 0 Å². The molecule has 6 heteroatoms. The number of rotatable bonds is 4. The predicted octanol–water partition coefficient (Wildman–Crippen LogP) is 5.84. The Labute approximate surface area is 166 Å². The molecule has 3 aromatic carbocycles. The minimum Gasteiger partial charge on any atom is -0.245 e. The standard InChI is InChI=1S/C22H16ClFN4/c1-14-10-11-20-16(12-14)21(15-6-3-2-4-7-15)27-22(26-20)28-25-13-17-18(23)8-5-9-19(17)24/h2-13H,1H3,(H,26,27,28). The molecule has 0 bridgehead atoms. The van der Waals surface area contributed by atoms with Gasteiger partial charge >= 0.3 is 0 Å². The number of aryl methyl sites for hydroxylation is 1. The Hall–Kier alpha value is -3.31. The molecule has 0 fully saturated rings. The minimum absolute atomic E-state index is 0.205. The highest BCUT2D eigenvalue weighted by molar-refractivity contribution is 6.33. The highest BCUT2D eigenvalue weighted by Gasteiger charge is 2.10. The molecule has 0 aliphatic carbocycles. The first-order chi connectivity index (χ1) is 13.6. The second-order valence-electron chi connectivity index (χ2n) is 6.29. The predicted molar refractivity (Wildman–Crippen MR) is 112 cm³/mol. The van der Waals surface area contributed by atoms with Crippen molar-refractivity contribution in [3.05, 3.63) is 88.7 Å². The highest BCUT2D eigenvalue weighted by Crippen LogP contribution is 2.28. The quantitative estimate of drug-likeness (QED) is 0.351. The van der Waals surface area contributed by atoms with E-state index in [1.165, 1.54) is 12.3 Å². The summed E-state index contributed by atoms with van der Waals surface area (Å²) in [6.45, 7) is 2.03. The van der Waals surface area contributed by atoms with Gasteiger partial charge in [0.1, 0.15) is 5.82 Å². The molecule has 1 N–H and O–H groups in total. The summed E-state index contributed by atoms with van der Waals surface area (Å²) in [6.07, 6.45) is 1.32. The van der Waals surface area contributed by atoms with E-state index in [1.807, 2.05) is 49.4 Å². The van der Waals surface area contributed by atoms with Crippen molar-refractivity contribution < 1.29 is 4.39 Å². The van der Waals surface area contributed by atoms with E-state index >= 15 is 0 Å². The van der Waals surface area contributed by atoms with E-state index < -0.39 is 5.82 Å². The fraction of sp³-hybridized carbons (Fsp3) is 0.0455. The van der Waals surface area contributed by atoms with Crippen LogP contribution in [0.15, 0.2) is 71.8 Å². The van der Waals surface area contributed by atoms with Crippen LogP contribution in [-0.2, 0) is 0 Å². The molecule has 138 valence electrons. The van der Waals surface area contributed by atoms with E-state index in [9.17, 15) is 4.39 Å². The molecule has 28 heavy (non-hydrogen) atoms. The molecule has 0 radical (unpaired) electrons. The van der Waals surface area contributed by atoms with Crippen molar-refractivity contribution in [3.8, 4) is 11.3 Å². The molecule has 0 amide bonds. The minimum atomic E-state index is -0.446. The number of nitrogens with zero attached hydrogens (tertiary/aromatic N) is 3. The first kappa shape index (κ1) is 18.1. The molecule has 0 atom stereocenters. The number of aromatic nitrogens is 2. The first-order valence-electron chi connectivity index (χ1n) is 8.69. The van der Waals surface area contributed by atoms with Gasteiger partial charge in [0, 0.05) is 16.5 Å². The molecule has 1 aromatic heterocycles. The van der Waals surface area contributed by atoms with Crippen molar-refractivity contribution in [2.45, 2.75) is 6.92 Å². The molecular weight excluding hydrogens is 375 g/mol. The zero-order chi connectivity index (χ0) is 19.5. The Morgan fingerprint density at radius 2 is 1.82 bits per heavy atom. The Balaban J connectivity index is 1.74. The van der Waals surface area contributed by atoms with Crippen molar-refractivity contribution in [3.63, 3.8) is 0 Å². The summed E-state index contributed by atoms with van der Waals surface area (Å²) >= 11 is 6.02. The number of benzene rings is 3. The van der Waals surface area contributed by atoms with E-state index in [4.69, 9.17) is 11.6 Å². The third-order valence-corrected chi connectivity index (χ3v) is 4.59. The van der Waals surface area contributed by atoms with E-state index in [-0.39, 0.29) is 10.6 Å². The molecule has 1 heterocycles. The highest BCUT2D eigenvalue weighted by atomic mass is 35.5. The monoisotopic (exact) mass is 390 g/mol. The summed E-state index contributed by atoms with van der Waals surface area (Å²) in [5.74, 6) is -0.128. The zero-order valence-electron chi connectivity index (χ0n) is 15.0. The van der Waals surface area contributed by atoms with Gasteiger partial charge in [-0.05, 0) is 31.2 Å². The zero-order valence-corrected chi connectivity index (χ0v) is 15.8. The second-order valence-corrected chi connectivity index (χ2v) is 6.69. The van der Waals surface area contributed by atoms with Crippen LogP contribution in [0.2, 0.25) is 5.02 Å².